The van der Waals surface area contributed by atoms with Gasteiger partial charge in [0.2, 0.25) is 5.82 Å². The number of hydrogen-bond acceptors (Lipinski definition) is 1. The summed E-state index contributed by atoms with van der Waals surface area (Å²) < 4.78 is 32.9. The van der Waals surface area contributed by atoms with Crippen molar-refractivity contribution >= 4 is 0 Å². The number of benzene rings is 1. The van der Waals surface area contributed by atoms with Crippen molar-refractivity contribution in [3.05, 3.63) is 29.3 Å². The molecule has 2 aliphatic rings. The molecule has 1 aromatic rings. The van der Waals surface area contributed by atoms with Crippen molar-refractivity contribution in [1.82, 2.24) is 0 Å². The number of halogens is 2. The third kappa shape index (κ3) is 3.92. The van der Waals surface area contributed by atoms with Crippen LogP contribution in [0.3, 0.4) is 0 Å². The van der Waals surface area contributed by atoms with Crippen LogP contribution in [0.1, 0.15) is 66.7 Å². The molecule has 0 saturated heterocycles. The van der Waals surface area contributed by atoms with Crippen LogP contribution in [0.4, 0.5) is 8.78 Å². The Balaban J connectivity index is 0.00000169. The normalized spacial score (nSPS) is 31.0. The molecule has 0 atom stereocenters. The van der Waals surface area contributed by atoms with E-state index in [1.54, 1.807) is 12.1 Å². The van der Waals surface area contributed by atoms with Gasteiger partial charge in [0.05, 0.1) is 7.11 Å². The molecule has 2 saturated carbocycles. The molecule has 0 amide bonds. The van der Waals surface area contributed by atoms with Gasteiger partial charge < -0.3 is 4.74 Å². The third-order valence-electron chi connectivity index (χ3n) is 6.47. The Hall–Kier alpha value is -1.12. The van der Waals surface area contributed by atoms with Crippen LogP contribution >= 0.6 is 0 Å². The van der Waals surface area contributed by atoms with E-state index < -0.39 is 11.6 Å². The minimum absolute atomic E-state index is 0. The van der Waals surface area contributed by atoms with Crippen molar-refractivity contribution in [2.45, 2.75) is 64.7 Å². The Morgan fingerprint density at radius 3 is 2.08 bits per heavy atom. The summed E-state index contributed by atoms with van der Waals surface area (Å²) in [5.41, 5.74) is 0.503. The minimum atomic E-state index is -0.847. The van der Waals surface area contributed by atoms with E-state index in [0.717, 1.165) is 30.6 Å². The lowest BCUT2D eigenvalue weighted by Crippen LogP contribution is -2.26. The van der Waals surface area contributed by atoms with Crippen molar-refractivity contribution in [1.29, 1.82) is 0 Å². The fourth-order valence-corrected chi connectivity index (χ4v) is 4.82. The van der Waals surface area contributed by atoms with Crippen LogP contribution in [0.2, 0.25) is 0 Å². The Morgan fingerprint density at radius 2 is 1.50 bits per heavy atom. The van der Waals surface area contributed by atoms with Gasteiger partial charge in [-0.25, -0.2) is 4.39 Å². The molecule has 0 radical (unpaired) electrons. The van der Waals surface area contributed by atoms with Gasteiger partial charge in [-0.1, -0.05) is 25.8 Å². The predicted octanol–water partition coefficient (Wildman–Crippen LogP) is 6.64. The zero-order valence-corrected chi connectivity index (χ0v) is 15.0. The smallest absolute Gasteiger partial charge is 0.200 e. The van der Waals surface area contributed by atoms with E-state index in [1.807, 2.05) is 0 Å². The molecule has 2 fully saturated rings. The molecule has 0 aromatic heterocycles. The fraction of sp³-hybridized carbons (Fsp3) is 0.714. The van der Waals surface area contributed by atoms with E-state index in [9.17, 15) is 8.78 Å². The second-order valence-corrected chi connectivity index (χ2v) is 8.06. The molecule has 1 nitrogen and oxygen atoms in total. The van der Waals surface area contributed by atoms with Gasteiger partial charge in [-0.3, -0.25) is 0 Å². The maximum atomic E-state index is 14.2. The third-order valence-corrected chi connectivity index (χ3v) is 6.47. The number of rotatable bonds is 4. The first-order chi connectivity index (χ1) is 11.6. The zero-order valence-electron chi connectivity index (χ0n) is 15.0. The summed E-state index contributed by atoms with van der Waals surface area (Å²) >= 11 is 0. The van der Waals surface area contributed by atoms with Gasteiger partial charge in [0.1, 0.15) is 0 Å². The fourth-order valence-electron chi connectivity index (χ4n) is 4.82. The highest BCUT2D eigenvalue weighted by atomic mass is 19.2. The van der Waals surface area contributed by atoms with E-state index in [0.29, 0.717) is 17.9 Å². The van der Waals surface area contributed by atoms with Crippen LogP contribution < -0.4 is 4.74 Å². The molecular weight excluding hydrogens is 306 g/mol. The lowest BCUT2D eigenvalue weighted by atomic mass is 9.69. The van der Waals surface area contributed by atoms with Crippen molar-refractivity contribution in [2.75, 3.05) is 7.11 Å². The van der Waals surface area contributed by atoms with Gasteiger partial charge in [0, 0.05) is 2.85 Å². The second-order valence-electron chi connectivity index (χ2n) is 8.06. The molecule has 3 rings (SSSR count). The molecule has 0 aliphatic heterocycles. The van der Waals surface area contributed by atoms with Crippen LogP contribution in [0.25, 0.3) is 0 Å². The highest BCUT2D eigenvalue weighted by Gasteiger charge is 2.30. The Bertz CT molecular complexity index is 551. The van der Waals surface area contributed by atoms with Gasteiger partial charge in [0.15, 0.2) is 11.6 Å². The van der Waals surface area contributed by atoms with Crippen LogP contribution in [0, 0.1) is 35.3 Å². The molecule has 24 heavy (non-hydrogen) atoms. The summed E-state index contributed by atoms with van der Waals surface area (Å²) in [5.74, 6) is 1.60. The van der Waals surface area contributed by atoms with E-state index in [2.05, 4.69) is 6.92 Å². The highest BCUT2D eigenvalue weighted by molar-refractivity contribution is 5.31. The first-order valence-electron chi connectivity index (χ1n) is 9.59. The van der Waals surface area contributed by atoms with E-state index in [-0.39, 0.29) is 8.60 Å². The summed E-state index contributed by atoms with van der Waals surface area (Å²) in [6.07, 6.45) is 11.1. The van der Waals surface area contributed by atoms with Crippen molar-refractivity contribution in [3.63, 3.8) is 0 Å². The largest absolute Gasteiger partial charge is 0.494 e. The molecule has 0 unspecified atom stereocenters. The van der Waals surface area contributed by atoms with Crippen molar-refractivity contribution in [2.24, 2.45) is 23.7 Å². The van der Waals surface area contributed by atoms with E-state index in [4.69, 9.17) is 4.74 Å². The van der Waals surface area contributed by atoms with Gasteiger partial charge >= 0.3 is 0 Å². The topological polar surface area (TPSA) is 9.23 Å². The number of ether oxygens (including phenoxy) is 1. The Labute approximate surface area is 147 Å². The van der Waals surface area contributed by atoms with E-state index >= 15 is 0 Å². The van der Waals surface area contributed by atoms with Crippen LogP contribution in [-0.4, -0.2) is 7.11 Å². The standard InChI is InChI=1S/C21H30F2O.2H2/c1-14-3-7-16(8-4-14)17-9-5-15(6-10-17)13-18-11-12-19(24-2)21(23)20(18)22;;/h11-12,14-17H,3-10,13H2,1-2H3;2*1H. The van der Waals surface area contributed by atoms with Crippen molar-refractivity contribution in [3.8, 4) is 5.75 Å². The number of hydrogen-bond donors (Lipinski definition) is 0. The highest BCUT2D eigenvalue weighted by Crippen LogP contribution is 2.42. The Morgan fingerprint density at radius 1 is 0.917 bits per heavy atom. The molecular formula is C21H34F2O. The average Bonchev–Trinajstić information content (AvgIpc) is 2.61. The lowest BCUT2D eigenvalue weighted by molar-refractivity contribution is 0.150. The summed E-state index contributed by atoms with van der Waals surface area (Å²) in [6.45, 7) is 2.37. The molecule has 0 N–H and O–H groups in total. The SMILES string of the molecule is COc1ccc(CC2CCC(C3CCC(C)CC3)CC2)c(F)c1F.[HH].[HH]. The number of methoxy groups -OCH3 is 1. The molecule has 3 heteroatoms. The predicted molar refractivity (Wildman–Crippen MR) is 97.4 cm³/mol. The maximum absolute atomic E-state index is 14.2. The van der Waals surface area contributed by atoms with Gasteiger partial charge in [-0.2, -0.15) is 4.39 Å². The van der Waals surface area contributed by atoms with Gasteiger partial charge in [-0.05, 0) is 80.2 Å². The average molecular weight is 340 g/mol. The molecule has 0 bridgehead atoms. The second kappa shape index (κ2) is 7.84. The first-order valence-corrected chi connectivity index (χ1v) is 9.59. The van der Waals surface area contributed by atoms with Gasteiger partial charge in [-0.15, -0.1) is 0 Å². The maximum Gasteiger partial charge on any atom is 0.200 e. The summed E-state index contributed by atoms with van der Waals surface area (Å²) in [5, 5.41) is 0. The minimum Gasteiger partial charge on any atom is -0.494 e. The molecule has 1 aromatic carbocycles. The molecule has 0 spiro atoms. The molecule has 0 heterocycles. The Kier molecular flexibility index (Phi) is 5.78. The monoisotopic (exact) mass is 340 g/mol. The zero-order chi connectivity index (χ0) is 17.1. The quantitative estimate of drug-likeness (QED) is 0.597. The molecule has 138 valence electrons. The summed E-state index contributed by atoms with van der Waals surface area (Å²) in [4.78, 5) is 0. The molecule has 2 aliphatic carbocycles. The van der Waals surface area contributed by atoms with Gasteiger partial charge in [0.25, 0.3) is 0 Å². The summed E-state index contributed by atoms with van der Waals surface area (Å²) in [6, 6.07) is 3.23. The van der Waals surface area contributed by atoms with E-state index in [1.165, 1.54) is 45.6 Å². The van der Waals surface area contributed by atoms with Crippen LogP contribution in [0.15, 0.2) is 12.1 Å². The lowest BCUT2D eigenvalue weighted by Gasteiger charge is -2.37. The summed E-state index contributed by atoms with van der Waals surface area (Å²) in [7, 11) is 1.37. The first kappa shape index (κ1) is 17.7. The van der Waals surface area contributed by atoms with Crippen LogP contribution in [-0.2, 0) is 6.42 Å². The van der Waals surface area contributed by atoms with Crippen molar-refractivity contribution < 1.29 is 16.4 Å². The van der Waals surface area contributed by atoms with Crippen LogP contribution in [0.5, 0.6) is 5.75 Å².